The molecule has 2 saturated heterocycles. The summed E-state index contributed by atoms with van der Waals surface area (Å²) >= 11 is 0. The summed E-state index contributed by atoms with van der Waals surface area (Å²) < 4.78 is 5.69. The van der Waals surface area contributed by atoms with E-state index >= 15 is 0 Å². The van der Waals surface area contributed by atoms with E-state index in [-0.39, 0.29) is 42.9 Å². The predicted octanol–water partition coefficient (Wildman–Crippen LogP) is 0.720. The zero-order valence-corrected chi connectivity index (χ0v) is 18.3. The number of nitriles is 1. The van der Waals surface area contributed by atoms with E-state index in [9.17, 15) is 14.4 Å². The summed E-state index contributed by atoms with van der Waals surface area (Å²) in [5, 5.41) is 15.0. The Labute approximate surface area is 187 Å². The van der Waals surface area contributed by atoms with Crippen molar-refractivity contribution in [3.05, 3.63) is 29.8 Å². The number of para-hydroxylation sites is 1. The van der Waals surface area contributed by atoms with E-state index in [4.69, 9.17) is 10.00 Å². The summed E-state index contributed by atoms with van der Waals surface area (Å²) in [7, 11) is 0. The van der Waals surface area contributed by atoms with Gasteiger partial charge < -0.3 is 20.3 Å². The summed E-state index contributed by atoms with van der Waals surface area (Å²) in [6.07, 6.45) is 2.67. The van der Waals surface area contributed by atoms with E-state index in [1.165, 1.54) is 6.92 Å². The molecule has 1 aromatic carbocycles. The van der Waals surface area contributed by atoms with E-state index in [1.807, 2.05) is 29.2 Å². The van der Waals surface area contributed by atoms with Gasteiger partial charge in [0.25, 0.3) is 0 Å². The van der Waals surface area contributed by atoms with Gasteiger partial charge in [0.2, 0.25) is 17.7 Å². The first-order chi connectivity index (χ1) is 15.5. The van der Waals surface area contributed by atoms with Crippen LogP contribution in [0.4, 0.5) is 0 Å². The van der Waals surface area contributed by atoms with Crippen molar-refractivity contribution in [2.75, 3.05) is 26.2 Å². The fourth-order valence-corrected chi connectivity index (χ4v) is 5.05. The molecule has 0 spiro atoms. The second-order valence-corrected chi connectivity index (χ2v) is 8.66. The number of fused-ring (bicyclic) bond motifs is 2. The van der Waals surface area contributed by atoms with Crippen LogP contribution in [0, 0.1) is 11.3 Å². The molecule has 4 rings (SSSR count). The maximum absolute atomic E-state index is 13.5. The Morgan fingerprint density at radius 1 is 1.16 bits per heavy atom. The number of nitrogens with one attached hydrogen (secondary N) is 2. The highest BCUT2D eigenvalue weighted by Crippen LogP contribution is 2.33. The highest BCUT2D eigenvalue weighted by atomic mass is 16.5. The van der Waals surface area contributed by atoms with Gasteiger partial charge in [0.1, 0.15) is 17.8 Å². The van der Waals surface area contributed by atoms with Gasteiger partial charge in [-0.15, -0.1) is 0 Å². The van der Waals surface area contributed by atoms with Gasteiger partial charge in [-0.3, -0.25) is 19.3 Å². The van der Waals surface area contributed by atoms with Crippen LogP contribution in [0.15, 0.2) is 24.3 Å². The number of carbonyl (C=O) groups excluding carboxylic acids is 3. The molecule has 0 saturated carbocycles. The summed E-state index contributed by atoms with van der Waals surface area (Å²) in [6.45, 7) is 2.99. The fourth-order valence-electron chi connectivity index (χ4n) is 5.05. The molecule has 0 bridgehead atoms. The van der Waals surface area contributed by atoms with E-state index in [1.54, 1.807) is 4.90 Å². The number of nitrogens with zero attached hydrogens (tertiary/aromatic N) is 3. The maximum Gasteiger partial charge on any atom is 0.247 e. The minimum atomic E-state index is -0.777. The average molecular weight is 440 g/mol. The van der Waals surface area contributed by atoms with Crippen LogP contribution >= 0.6 is 0 Å². The SMILES string of the molecule is CC(=O)N[C@H]1CN(CC#N)CC[C@H]2CC[C@@H](C(=O)N[C@@H]3CCOc4ccccc43)N2C1=O. The Hall–Kier alpha value is -3.12. The number of hydrogen-bond acceptors (Lipinski definition) is 6. The lowest BCUT2D eigenvalue weighted by molar-refractivity contribution is -0.145. The molecular weight excluding hydrogens is 410 g/mol. The number of rotatable bonds is 4. The molecule has 3 aliphatic heterocycles. The van der Waals surface area contributed by atoms with E-state index in [2.05, 4.69) is 16.7 Å². The number of benzene rings is 1. The van der Waals surface area contributed by atoms with Gasteiger partial charge >= 0.3 is 0 Å². The zero-order chi connectivity index (χ0) is 22.7. The number of carbonyl (C=O) groups is 3. The minimum Gasteiger partial charge on any atom is -0.493 e. The van der Waals surface area contributed by atoms with Crippen LogP contribution in [-0.4, -0.2) is 71.9 Å². The number of hydrogen-bond donors (Lipinski definition) is 2. The first-order valence-corrected chi connectivity index (χ1v) is 11.2. The van der Waals surface area contributed by atoms with Crippen LogP contribution in [0.2, 0.25) is 0 Å². The molecule has 0 radical (unpaired) electrons. The molecule has 3 aliphatic rings. The van der Waals surface area contributed by atoms with Crippen molar-refractivity contribution in [3.8, 4) is 11.8 Å². The van der Waals surface area contributed by atoms with E-state index in [0.29, 0.717) is 32.4 Å². The molecule has 170 valence electrons. The maximum atomic E-state index is 13.5. The lowest BCUT2D eigenvalue weighted by atomic mass is 10.00. The molecule has 0 aliphatic carbocycles. The highest BCUT2D eigenvalue weighted by Gasteiger charge is 2.45. The standard InChI is InChI=1S/C23H29N5O4/c1-15(29)25-19-14-27(12-10-24)11-8-16-6-7-20(28(16)23(19)31)22(30)26-18-9-13-32-21-5-3-2-4-17(18)21/h2-5,16,18-20H,6-9,11-14H2,1H3,(H,25,29)(H,26,30)/t16-,18-,19+,20+/m1/s1. The van der Waals surface area contributed by atoms with Crippen LogP contribution < -0.4 is 15.4 Å². The monoisotopic (exact) mass is 439 g/mol. The van der Waals surface area contributed by atoms with Gasteiger partial charge in [0.15, 0.2) is 0 Å². The smallest absolute Gasteiger partial charge is 0.247 e. The Morgan fingerprint density at radius 2 is 1.97 bits per heavy atom. The first-order valence-electron chi connectivity index (χ1n) is 11.2. The van der Waals surface area contributed by atoms with Gasteiger partial charge in [0.05, 0.1) is 25.3 Å². The van der Waals surface area contributed by atoms with E-state index in [0.717, 1.165) is 17.7 Å². The van der Waals surface area contributed by atoms with Crippen LogP contribution in [0.1, 0.15) is 44.2 Å². The zero-order valence-electron chi connectivity index (χ0n) is 18.3. The van der Waals surface area contributed by atoms with Crippen molar-refractivity contribution in [3.63, 3.8) is 0 Å². The molecule has 32 heavy (non-hydrogen) atoms. The van der Waals surface area contributed by atoms with Gasteiger partial charge in [-0.05, 0) is 25.3 Å². The normalized spacial score (nSPS) is 27.8. The van der Waals surface area contributed by atoms with Crippen molar-refractivity contribution < 1.29 is 19.1 Å². The summed E-state index contributed by atoms with van der Waals surface area (Å²) in [5.74, 6) is 0.0480. The Morgan fingerprint density at radius 3 is 2.75 bits per heavy atom. The fraction of sp³-hybridized carbons (Fsp3) is 0.565. The second-order valence-electron chi connectivity index (χ2n) is 8.66. The number of amides is 3. The molecular formula is C23H29N5O4. The lowest BCUT2D eigenvalue weighted by Gasteiger charge is -2.38. The lowest BCUT2D eigenvalue weighted by Crippen LogP contribution is -2.60. The Bertz CT molecular complexity index is 929. The molecule has 0 unspecified atom stereocenters. The molecule has 3 heterocycles. The molecule has 9 heteroatoms. The third-order valence-electron chi connectivity index (χ3n) is 6.52. The molecule has 3 amide bonds. The van der Waals surface area contributed by atoms with Crippen molar-refractivity contribution in [1.29, 1.82) is 5.26 Å². The van der Waals surface area contributed by atoms with Gasteiger partial charge in [-0.2, -0.15) is 5.26 Å². The first kappa shape index (κ1) is 22.1. The third kappa shape index (κ3) is 4.55. The predicted molar refractivity (Wildman–Crippen MR) is 115 cm³/mol. The van der Waals surface area contributed by atoms with Crippen molar-refractivity contribution in [2.45, 2.75) is 56.8 Å². The summed E-state index contributed by atoms with van der Waals surface area (Å²) in [4.78, 5) is 42.1. The minimum absolute atomic E-state index is 0.0852. The van der Waals surface area contributed by atoms with Crippen LogP contribution in [0.25, 0.3) is 0 Å². The summed E-state index contributed by atoms with van der Waals surface area (Å²) in [5.41, 5.74) is 0.948. The van der Waals surface area contributed by atoms with Crippen LogP contribution in [0.5, 0.6) is 5.75 Å². The molecule has 1 aromatic rings. The van der Waals surface area contributed by atoms with Crippen LogP contribution in [-0.2, 0) is 14.4 Å². The molecule has 2 fully saturated rings. The van der Waals surface area contributed by atoms with Crippen molar-refractivity contribution in [2.24, 2.45) is 0 Å². The third-order valence-corrected chi connectivity index (χ3v) is 6.52. The molecule has 0 aromatic heterocycles. The van der Waals surface area contributed by atoms with Crippen molar-refractivity contribution >= 4 is 17.7 Å². The highest BCUT2D eigenvalue weighted by molar-refractivity contribution is 5.93. The Balaban J connectivity index is 1.52. The van der Waals surface area contributed by atoms with Crippen LogP contribution in [0.3, 0.4) is 0 Å². The molecule has 2 N–H and O–H groups in total. The van der Waals surface area contributed by atoms with E-state index < -0.39 is 12.1 Å². The molecule has 4 atom stereocenters. The summed E-state index contributed by atoms with van der Waals surface area (Å²) in [6, 6.07) is 8.21. The Kier molecular flexibility index (Phi) is 6.61. The topological polar surface area (TPSA) is 115 Å². The number of ether oxygens (including phenoxy) is 1. The van der Waals surface area contributed by atoms with Gasteiger partial charge in [0, 0.05) is 38.0 Å². The average Bonchev–Trinajstić information content (AvgIpc) is 3.19. The largest absolute Gasteiger partial charge is 0.493 e. The van der Waals surface area contributed by atoms with Gasteiger partial charge in [-0.25, -0.2) is 0 Å². The van der Waals surface area contributed by atoms with Crippen molar-refractivity contribution in [1.82, 2.24) is 20.4 Å². The van der Waals surface area contributed by atoms with Gasteiger partial charge in [-0.1, -0.05) is 18.2 Å². The molecule has 9 nitrogen and oxygen atoms in total. The second kappa shape index (κ2) is 9.57. The quantitative estimate of drug-likeness (QED) is 0.668.